The zero-order valence-electron chi connectivity index (χ0n) is 15.2. The van der Waals surface area contributed by atoms with E-state index < -0.39 is 5.91 Å². The molecule has 0 saturated carbocycles. The summed E-state index contributed by atoms with van der Waals surface area (Å²) in [5.74, 6) is -0.390. The summed E-state index contributed by atoms with van der Waals surface area (Å²) in [6.07, 6.45) is 2.08. The van der Waals surface area contributed by atoms with Crippen molar-refractivity contribution in [3.63, 3.8) is 0 Å². The Hall–Kier alpha value is -3.55. The molecule has 0 radical (unpaired) electrons. The Labute approximate surface area is 160 Å². The fourth-order valence-electron chi connectivity index (χ4n) is 3.26. The van der Waals surface area contributed by atoms with Crippen LogP contribution in [0.15, 0.2) is 53.3 Å². The van der Waals surface area contributed by atoms with Crippen LogP contribution >= 0.6 is 0 Å². The third-order valence-corrected chi connectivity index (χ3v) is 4.73. The Kier molecular flexibility index (Phi) is 4.84. The molecule has 1 aliphatic rings. The van der Waals surface area contributed by atoms with E-state index in [0.29, 0.717) is 22.2 Å². The molecule has 8 heteroatoms. The van der Waals surface area contributed by atoms with Crippen molar-refractivity contribution in [2.45, 2.75) is 19.4 Å². The minimum atomic E-state index is -0.398. The molecule has 1 saturated heterocycles. The van der Waals surface area contributed by atoms with Crippen LogP contribution in [0.2, 0.25) is 0 Å². The first-order valence-corrected chi connectivity index (χ1v) is 9.13. The average molecular weight is 377 g/mol. The van der Waals surface area contributed by atoms with Crippen LogP contribution in [0.5, 0.6) is 0 Å². The van der Waals surface area contributed by atoms with Crippen LogP contribution in [0.1, 0.15) is 23.2 Å². The molecule has 0 aliphatic carbocycles. The first-order valence-electron chi connectivity index (χ1n) is 9.13. The Bertz CT molecular complexity index is 1080. The van der Waals surface area contributed by atoms with Crippen molar-refractivity contribution in [2.75, 3.05) is 18.4 Å². The predicted molar refractivity (Wildman–Crippen MR) is 104 cm³/mol. The zero-order valence-corrected chi connectivity index (χ0v) is 15.2. The minimum Gasteiger partial charge on any atom is -0.339 e. The van der Waals surface area contributed by atoms with Gasteiger partial charge in [0.15, 0.2) is 0 Å². The summed E-state index contributed by atoms with van der Waals surface area (Å²) in [4.78, 5) is 38.9. The Balaban J connectivity index is 1.43. The number of benzene rings is 2. The smallest absolute Gasteiger partial charge is 0.278 e. The van der Waals surface area contributed by atoms with E-state index in [1.165, 1.54) is 0 Å². The van der Waals surface area contributed by atoms with Crippen LogP contribution in [0.25, 0.3) is 10.9 Å². The second kappa shape index (κ2) is 7.59. The van der Waals surface area contributed by atoms with Gasteiger partial charge in [0.1, 0.15) is 12.1 Å². The van der Waals surface area contributed by atoms with Crippen LogP contribution in [0.3, 0.4) is 0 Å². The lowest BCUT2D eigenvalue weighted by atomic mass is 10.2. The van der Waals surface area contributed by atoms with Crippen molar-refractivity contribution >= 4 is 28.4 Å². The van der Waals surface area contributed by atoms with Gasteiger partial charge in [0.05, 0.1) is 5.39 Å². The number of amides is 2. The maximum Gasteiger partial charge on any atom is 0.278 e. The van der Waals surface area contributed by atoms with Crippen molar-refractivity contribution in [1.82, 2.24) is 19.9 Å². The lowest BCUT2D eigenvalue weighted by molar-refractivity contribution is -0.117. The van der Waals surface area contributed by atoms with Gasteiger partial charge in [-0.15, -0.1) is 5.10 Å². The molecule has 1 aliphatic heterocycles. The lowest BCUT2D eigenvalue weighted by Gasteiger charge is -2.15. The third kappa shape index (κ3) is 3.62. The van der Waals surface area contributed by atoms with Crippen LogP contribution < -0.4 is 10.9 Å². The van der Waals surface area contributed by atoms with E-state index in [9.17, 15) is 14.4 Å². The van der Waals surface area contributed by atoms with Crippen LogP contribution in [-0.4, -0.2) is 44.8 Å². The molecule has 2 amide bonds. The largest absolute Gasteiger partial charge is 0.339 e. The number of nitrogens with zero attached hydrogens (tertiary/aromatic N) is 4. The number of carbonyl (C=O) groups is 2. The van der Waals surface area contributed by atoms with Crippen molar-refractivity contribution < 1.29 is 9.59 Å². The van der Waals surface area contributed by atoms with E-state index in [1.807, 2.05) is 4.90 Å². The molecule has 0 unspecified atom stereocenters. The molecule has 0 atom stereocenters. The van der Waals surface area contributed by atoms with Crippen molar-refractivity contribution in [3.05, 3.63) is 64.4 Å². The summed E-state index contributed by atoms with van der Waals surface area (Å²) in [6, 6.07) is 13.6. The Morgan fingerprint density at radius 2 is 1.71 bits per heavy atom. The maximum atomic E-state index is 12.4. The van der Waals surface area contributed by atoms with Gasteiger partial charge >= 0.3 is 0 Å². The minimum absolute atomic E-state index is 0.00775. The number of carbonyl (C=O) groups excluding carboxylic acids is 2. The standard InChI is InChI=1S/C20H19N5O3/c26-18(13-25-20(28)16-5-1-2-6-17(16)22-23-25)21-15-9-7-14(8-10-15)19(27)24-11-3-4-12-24/h1-2,5-10H,3-4,11-13H2,(H,21,26). The third-order valence-electron chi connectivity index (χ3n) is 4.73. The summed E-state index contributed by atoms with van der Waals surface area (Å²) >= 11 is 0. The highest BCUT2D eigenvalue weighted by atomic mass is 16.2. The van der Waals surface area contributed by atoms with Gasteiger partial charge in [0, 0.05) is 24.3 Å². The first-order chi connectivity index (χ1) is 13.6. The fraction of sp³-hybridized carbons (Fsp3) is 0.250. The average Bonchev–Trinajstić information content (AvgIpc) is 3.25. The molecule has 1 aromatic heterocycles. The SMILES string of the molecule is O=C(Cn1nnc2ccccc2c1=O)Nc1ccc(C(=O)N2CCCC2)cc1. The number of fused-ring (bicyclic) bond motifs is 1. The number of nitrogens with one attached hydrogen (secondary N) is 1. The molecule has 28 heavy (non-hydrogen) atoms. The predicted octanol–water partition coefficient (Wildman–Crippen LogP) is 1.67. The van der Waals surface area contributed by atoms with Gasteiger partial charge in [-0.05, 0) is 49.2 Å². The number of aromatic nitrogens is 3. The summed E-state index contributed by atoms with van der Waals surface area (Å²) < 4.78 is 1.03. The van der Waals surface area contributed by atoms with Gasteiger partial charge < -0.3 is 10.2 Å². The Morgan fingerprint density at radius 3 is 2.46 bits per heavy atom. The molecule has 8 nitrogen and oxygen atoms in total. The molecule has 0 bridgehead atoms. The van der Waals surface area contributed by atoms with Crippen molar-refractivity contribution in [3.8, 4) is 0 Å². The normalized spacial score (nSPS) is 13.6. The van der Waals surface area contributed by atoms with Crippen LogP contribution in [0.4, 0.5) is 5.69 Å². The summed E-state index contributed by atoms with van der Waals surface area (Å²) in [7, 11) is 0. The molecule has 0 spiro atoms. The highest BCUT2D eigenvalue weighted by Gasteiger charge is 2.19. The quantitative estimate of drug-likeness (QED) is 0.746. The molecule has 4 rings (SSSR count). The van der Waals surface area contributed by atoms with Crippen molar-refractivity contribution in [1.29, 1.82) is 0 Å². The molecule has 3 aromatic rings. The van der Waals surface area contributed by atoms with Gasteiger partial charge in [0.2, 0.25) is 5.91 Å². The fourth-order valence-corrected chi connectivity index (χ4v) is 3.26. The highest BCUT2D eigenvalue weighted by Crippen LogP contribution is 2.15. The highest BCUT2D eigenvalue weighted by molar-refractivity contribution is 5.96. The molecular weight excluding hydrogens is 358 g/mol. The molecule has 1 fully saturated rings. The summed E-state index contributed by atoms with van der Waals surface area (Å²) in [5, 5.41) is 10.9. The monoisotopic (exact) mass is 377 g/mol. The van der Waals surface area contributed by atoms with E-state index in [2.05, 4.69) is 15.6 Å². The van der Waals surface area contributed by atoms with Crippen molar-refractivity contribution in [2.24, 2.45) is 0 Å². The van der Waals surface area contributed by atoms with Gasteiger partial charge in [-0.3, -0.25) is 14.4 Å². The van der Waals surface area contributed by atoms with Gasteiger partial charge in [0.25, 0.3) is 11.5 Å². The summed E-state index contributed by atoms with van der Waals surface area (Å²) in [5.41, 5.74) is 1.26. The van der Waals surface area contributed by atoms with E-state index in [-0.39, 0.29) is 18.0 Å². The number of rotatable bonds is 4. The lowest BCUT2D eigenvalue weighted by Crippen LogP contribution is -2.30. The molecule has 1 N–H and O–H groups in total. The number of likely N-dealkylation sites (tertiary alicyclic amines) is 1. The molecule has 142 valence electrons. The van der Waals surface area contributed by atoms with Crippen LogP contribution in [0, 0.1) is 0 Å². The molecule has 2 heterocycles. The van der Waals surface area contributed by atoms with Gasteiger partial charge in [-0.25, -0.2) is 4.68 Å². The number of anilines is 1. The number of hydrogen-bond donors (Lipinski definition) is 1. The summed E-state index contributed by atoms with van der Waals surface area (Å²) in [6.45, 7) is 1.34. The topological polar surface area (TPSA) is 97.2 Å². The van der Waals surface area contributed by atoms with Gasteiger partial charge in [-0.1, -0.05) is 17.3 Å². The zero-order chi connectivity index (χ0) is 19.5. The van der Waals surface area contributed by atoms with E-state index in [0.717, 1.165) is 30.6 Å². The van der Waals surface area contributed by atoms with E-state index in [4.69, 9.17) is 0 Å². The van der Waals surface area contributed by atoms with E-state index >= 15 is 0 Å². The molecule has 2 aromatic carbocycles. The van der Waals surface area contributed by atoms with Gasteiger partial charge in [-0.2, -0.15) is 0 Å². The second-order valence-corrected chi connectivity index (χ2v) is 6.69. The second-order valence-electron chi connectivity index (χ2n) is 6.69. The van der Waals surface area contributed by atoms with Crippen LogP contribution in [-0.2, 0) is 11.3 Å². The number of hydrogen-bond acceptors (Lipinski definition) is 5. The van der Waals surface area contributed by atoms with E-state index in [1.54, 1.807) is 48.5 Å². The Morgan fingerprint density at radius 1 is 1.00 bits per heavy atom. The maximum absolute atomic E-state index is 12.4. The molecular formula is C20H19N5O3. The first kappa shape index (κ1) is 17.8.